The van der Waals surface area contributed by atoms with E-state index in [0.717, 1.165) is 34.7 Å². The molecule has 4 aromatic rings. The van der Waals surface area contributed by atoms with Gasteiger partial charge in [-0.1, -0.05) is 0 Å². The van der Waals surface area contributed by atoms with Crippen LogP contribution >= 0.6 is 0 Å². The highest BCUT2D eigenvalue weighted by molar-refractivity contribution is 6.06. The van der Waals surface area contributed by atoms with Crippen LogP contribution in [-0.4, -0.2) is 70.3 Å². The highest BCUT2D eigenvalue weighted by Gasteiger charge is 2.65. The standard InChI is InChI=1S/C43H47N7O7/c1-22-11-31(51)38-32(54-22)17-33-37(39(38)52)28-12-24(18-46-4)7-9-43(41(53)55-40(28)42(2,3)56-33)34(57-43)6-5-23-13-29(49-35(44)14-23)26-15-27(48-36(45)16-26)20-50-19-25-8-10-47-30(25)21-50/h8,10-11,13-17,19,24,28,34,40,46,52H,5-7,9,12,18,20-21H2,1-4H3,(H2,44,49)(H2,45,48)/p+1. The maximum atomic E-state index is 14.4. The summed E-state index contributed by atoms with van der Waals surface area (Å²) in [5, 5.41) is 15.1. The second kappa shape index (κ2) is 13.8. The third kappa shape index (κ3) is 6.74. The Kier molecular flexibility index (Phi) is 8.98. The molecule has 5 aliphatic rings. The first kappa shape index (κ1) is 37.0. The number of aliphatic imine (C=N–C) groups is 1. The molecule has 1 aromatic carbocycles. The van der Waals surface area contributed by atoms with Gasteiger partial charge in [0.2, 0.25) is 0 Å². The Labute approximate surface area is 329 Å². The van der Waals surface area contributed by atoms with E-state index in [1.54, 1.807) is 13.0 Å². The predicted molar refractivity (Wildman–Crippen MR) is 214 cm³/mol. The van der Waals surface area contributed by atoms with Gasteiger partial charge >= 0.3 is 5.97 Å². The van der Waals surface area contributed by atoms with E-state index in [0.29, 0.717) is 79.6 Å². The number of quaternary nitrogens is 1. The van der Waals surface area contributed by atoms with Gasteiger partial charge in [-0.2, -0.15) is 0 Å². The van der Waals surface area contributed by atoms with Crippen molar-refractivity contribution in [3.8, 4) is 22.8 Å². The molecule has 7 N–H and O–H groups in total. The number of aryl methyl sites for hydroxylation is 2. The minimum atomic E-state index is -1.12. The van der Waals surface area contributed by atoms with Gasteiger partial charge in [-0.25, -0.2) is 14.8 Å². The summed E-state index contributed by atoms with van der Waals surface area (Å²) in [4.78, 5) is 42.4. The Hall–Kier alpha value is -5.57. The van der Waals surface area contributed by atoms with Crippen molar-refractivity contribution in [2.45, 2.75) is 88.7 Å². The van der Waals surface area contributed by atoms with Gasteiger partial charge < -0.3 is 40.5 Å². The number of epoxide rings is 1. The van der Waals surface area contributed by atoms with E-state index in [9.17, 15) is 14.7 Å². The van der Waals surface area contributed by atoms with Crippen LogP contribution in [0.4, 0.5) is 11.6 Å². The minimum Gasteiger partial charge on any atom is -0.507 e. The van der Waals surface area contributed by atoms with Gasteiger partial charge in [-0.05, 0) is 108 Å². The van der Waals surface area contributed by atoms with Crippen molar-refractivity contribution < 1.29 is 33.4 Å². The van der Waals surface area contributed by atoms with Crippen LogP contribution in [0.2, 0.25) is 0 Å². The maximum Gasteiger partial charge on any atom is 0.341 e. The van der Waals surface area contributed by atoms with Crippen molar-refractivity contribution in [3.05, 3.63) is 93.3 Å². The zero-order chi connectivity index (χ0) is 39.8. The van der Waals surface area contributed by atoms with Crippen LogP contribution in [0.15, 0.2) is 74.7 Å². The number of esters is 1. The number of rotatable bonds is 8. The number of nitrogens with zero attached hydrogens (tertiary/aromatic N) is 3. The summed E-state index contributed by atoms with van der Waals surface area (Å²) in [5.74, 6) is 0.628. The number of pyridine rings is 2. The van der Waals surface area contributed by atoms with Crippen LogP contribution in [0.25, 0.3) is 22.2 Å². The van der Waals surface area contributed by atoms with Crippen LogP contribution in [-0.2, 0) is 27.2 Å². The lowest BCUT2D eigenvalue weighted by Crippen LogP contribution is -3.05. The fourth-order valence-electron chi connectivity index (χ4n) is 9.44. The van der Waals surface area contributed by atoms with Crippen LogP contribution in [0.1, 0.15) is 68.0 Å². The molecule has 0 saturated carbocycles. The molecule has 1 spiro atoms. The zero-order valence-corrected chi connectivity index (χ0v) is 32.6. The SMILES string of the molecule is CNCC1CCC2(OC2CCc2cc(N)nc(-c3cc(N)nc(C[NH+]4C=C5C=CN=C5C4)c3)c2)C(=O)OC2C(C1)c1c(cc3oc(C)cc(=O)c3c1O)OC2(C)C. The summed E-state index contributed by atoms with van der Waals surface area (Å²) in [6, 6.07) is 10.7. The van der Waals surface area contributed by atoms with Crippen molar-refractivity contribution in [3.63, 3.8) is 0 Å². The average Bonchev–Trinajstić information content (AvgIpc) is 3.44. The van der Waals surface area contributed by atoms with E-state index in [-0.39, 0.29) is 34.2 Å². The molecule has 9 rings (SSSR count). The summed E-state index contributed by atoms with van der Waals surface area (Å²) in [5.41, 5.74) is 16.5. The number of allylic oxidation sites excluding steroid dienone is 1. The molecule has 6 unspecified atom stereocenters. The summed E-state index contributed by atoms with van der Waals surface area (Å²) in [6.45, 7) is 7.57. The lowest BCUT2D eigenvalue weighted by molar-refractivity contribution is -0.848. The van der Waals surface area contributed by atoms with Crippen molar-refractivity contribution in [2.24, 2.45) is 10.9 Å². The van der Waals surface area contributed by atoms with Crippen molar-refractivity contribution in [1.82, 2.24) is 15.3 Å². The molecule has 0 bridgehead atoms. The van der Waals surface area contributed by atoms with E-state index in [4.69, 9.17) is 30.1 Å². The molecule has 0 radical (unpaired) electrons. The molecule has 0 aliphatic carbocycles. The fourth-order valence-corrected chi connectivity index (χ4v) is 9.44. The number of phenols is 1. The van der Waals surface area contributed by atoms with Gasteiger partial charge in [0.05, 0.1) is 23.1 Å². The number of carbonyl (C=O) groups excluding carboxylic acids is 1. The number of hydrogen-bond acceptors (Lipinski definition) is 13. The number of carbonyl (C=O) groups is 1. The third-order valence-electron chi connectivity index (χ3n) is 12.1. The molecular formula is C43H48N7O7+. The van der Waals surface area contributed by atoms with Crippen LogP contribution < -0.4 is 31.8 Å². The second-order valence-electron chi connectivity index (χ2n) is 16.7. The smallest absolute Gasteiger partial charge is 0.341 e. The first-order chi connectivity index (χ1) is 27.3. The summed E-state index contributed by atoms with van der Waals surface area (Å²) in [6.07, 6.45) is 7.76. The number of fused-ring (bicyclic) bond motifs is 5. The largest absolute Gasteiger partial charge is 0.507 e. The number of aromatic hydroxyl groups is 1. The minimum absolute atomic E-state index is 0.0871. The molecule has 296 valence electrons. The number of benzene rings is 1. The second-order valence-corrected chi connectivity index (χ2v) is 16.7. The highest BCUT2D eigenvalue weighted by Crippen LogP contribution is 2.54. The van der Waals surface area contributed by atoms with Gasteiger partial charge in [0.25, 0.3) is 0 Å². The van der Waals surface area contributed by atoms with Crippen molar-refractivity contribution >= 4 is 34.3 Å². The number of phenolic OH excluding ortho intramolecular Hbond substituents is 1. The Morgan fingerprint density at radius 3 is 2.70 bits per heavy atom. The number of nitrogens with one attached hydrogen (secondary N) is 2. The number of aromatic nitrogens is 2. The predicted octanol–water partition coefficient (Wildman–Crippen LogP) is 3.64. The maximum absolute atomic E-state index is 14.4. The fraction of sp³-hybridized carbons (Fsp3) is 0.419. The molecule has 5 aliphatic heterocycles. The first-order valence-corrected chi connectivity index (χ1v) is 19.7. The molecule has 14 nitrogen and oxygen atoms in total. The third-order valence-corrected chi connectivity index (χ3v) is 12.1. The molecule has 8 heterocycles. The molecular weight excluding hydrogens is 727 g/mol. The van der Waals surface area contributed by atoms with Gasteiger partial charge in [0.1, 0.15) is 76.6 Å². The summed E-state index contributed by atoms with van der Waals surface area (Å²) in [7, 11) is 1.90. The Morgan fingerprint density at radius 1 is 1.07 bits per heavy atom. The average molecular weight is 775 g/mol. The Bertz CT molecular complexity index is 2470. The zero-order valence-electron chi connectivity index (χ0n) is 32.6. The van der Waals surface area contributed by atoms with Gasteiger partial charge in [-0.3, -0.25) is 14.7 Å². The molecule has 14 heteroatoms. The molecule has 3 aromatic heterocycles. The first-order valence-electron chi connectivity index (χ1n) is 19.7. The van der Waals surface area contributed by atoms with E-state index >= 15 is 0 Å². The molecule has 0 amide bonds. The normalized spacial score (nSPS) is 27.0. The molecule has 6 atom stereocenters. The number of nitrogens with two attached hydrogens (primary N) is 2. The number of nitrogen functional groups attached to an aromatic ring is 2. The number of hydrogen-bond donors (Lipinski definition) is 5. The molecule has 2 saturated heterocycles. The molecule has 57 heavy (non-hydrogen) atoms. The van der Waals surface area contributed by atoms with Crippen LogP contribution in [0, 0.1) is 12.8 Å². The van der Waals surface area contributed by atoms with Crippen LogP contribution in [0.3, 0.4) is 0 Å². The topological polar surface area (TPSA) is 205 Å². The summed E-state index contributed by atoms with van der Waals surface area (Å²) < 4.78 is 25.1. The van der Waals surface area contributed by atoms with Crippen molar-refractivity contribution in [1.29, 1.82) is 0 Å². The van der Waals surface area contributed by atoms with E-state index < -0.39 is 29.2 Å². The van der Waals surface area contributed by atoms with Gasteiger partial charge in [-0.15, -0.1) is 0 Å². The number of ether oxygens (including phenoxy) is 3. The van der Waals surface area contributed by atoms with Gasteiger partial charge in [0.15, 0.2) is 11.0 Å². The highest BCUT2D eigenvalue weighted by atomic mass is 16.7. The van der Waals surface area contributed by atoms with E-state index in [2.05, 4.69) is 26.5 Å². The van der Waals surface area contributed by atoms with Crippen molar-refractivity contribution in [2.75, 3.05) is 31.6 Å². The Morgan fingerprint density at radius 2 is 1.89 bits per heavy atom. The molecule has 2 fully saturated rings. The van der Waals surface area contributed by atoms with E-state index in [1.165, 1.54) is 11.0 Å². The lowest BCUT2D eigenvalue weighted by Gasteiger charge is -2.45. The Balaban J connectivity index is 0.953. The lowest BCUT2D eigenvalue weighted by atomic mass is 9.75. The van der Waals surface area contributed by atoms with Gasteiger partial charge in [0, 0.05) is 35.4 Å². The summed E-state index contributed by atoms with van der Waals surface area (Å²) >= 11 is 0. The quantitative estimate of drug-likeness (QED) is 0.129. The number of anilines is 2. The van der Waals surface area contributed by atoms with Crippen LogP contribution in [0.5, 0.6) is 11.5 Å². The van der Waals surface area contributed by atoms with E-state index in [1.807, 2.05) is 57.4 Å². The monoisotopic (exact) mass is 774 g/mol.